The van der Waals surface area contributed by atoms with Crippen molar-refractivity contribution < 1.29 is 14.2 Å². The normalized spacial score (nSPS) is 14.3. The quantitative estimate of drug-likeness (QED) is 0.904. The van der Waals surface area contributed by atoms with Gasteiger partial charge < -0.3 is 9.84 Å². The molecule has 0 fully saturated rings. The first-order valence-corrected chi connectivity index (χ1v) is 5.23. The minimum Gasteiger partial charge on any atom is -0.490 e. The minimum atomic E-state index is -1.36. The molecule has 0 aliphatic rings. The average molecular weight is 265 g/mol. The molecule has 2 nitrogen and oxygen atoms in total. The fraction of sp³-hybridized carbons (Fsp3) is 0.273. The van der Waals surface area contributed by atoms with Crippen molar-refractivity contribution in [1.82, 2.24) is 0 Å². The molecule has 0 aromatic heterocycles. The third-order valence-corrected chi connectivity index (χ3v) is 2.71. The Bertz CT molecular complexity index is 405. The highest BCUT2D eigenvalue weighted by molar-refractivity contribution is 6.30. The number of halogens is 3. The summed E-state index contributed by atoms with van der Waals surface area (Å²) in [5, 5.41) is 9.77. The second-order valence-electron chi connectivity index (χ2n) is 3.54. The van der Waals surface area contributed by atoms with E-state index in [1.807, 2.05) is 0 Å². The van der Waals surface area contributed by atoms with Gasteiger partial charge in [0, 0.05) is 11.1 Å². The van der Waals surface area contributed by atoms with E-state index in [0.29, 0.717) is 0 Å². The molecule has 1 rings (SSSR count). The van der Waals surface area contributed by atoms with Gasteiger partial charge in [-0.2, -0.15) is 0 Å². The average Bonchev–Trinajstić information content (AvgIpc) is 2.20. The summed E-state index contributed by atoms with van der Waals surface area (Å²) in [6.07, 6.45) is 0. The molecule has 0 bridgehead atoms. The van der Waals surface area contributed by atoms with Crippen molar-refractivity contribution in [2.24, 2.45) is 0 Å². The summed E-state index contributed by atoms with van der Waals surface area (Å²) in [5.41, 5.74) is -1.36. The van der Waals surface area contributed by atoms with E-state index in [1.54, 1.807) is 0 Å². The molecule has 16 heavy (non-hydrogen) atoms. The minimum absolute atomic E-state index is 0.0147. The van der Waals surface area contributed by atoms with Crippen molar-refractivity contribution in [2.75, 3.05) is 6.61 Å². The van der Waals surface area contributed by atoms with Crippen molar-refractivity contribution in [2.45, 2.75) is 12.5 Å². The largest absolute Gasteiger partial charge is 0.490 e. The van der Waals surface area contributed by atoms with Crippen LogP contribution in [-0.4, -0.2) is 17.3 Å². The Hall–Kier alpha value is -0.770. The van der Waals surface area contributed by atoms with E-state index >= 15 is 0 Å². The zero-order valence-corrected chi connectivity index (χ0v) is 10.1. The third-order valence-electron chi connectivity index (χ3n) is 2.00. The first-order chi connectivity index (χ1) is 7.33. The van der Waals surface area contributed by atoms with E-state index < -0.39 is 11.4 Å². The summed E-state index contributed by atoms with van der Waals surface area (Å²) < 4.78 is 18.2. The van der Waals surface area contributed by atoms with Gasteiger partial charge in [0.15, 0.2) is 0 Å². The highest BCUT2D eigenvalue weighted by Crippen LogP contribution is 2.23. The van der Waals surface area contributed by atoms with Crippen molar-refractivity contribution >= 4 is 23.2 Å². The molecule has 1 N–H and O–H groups in total. The Kier molecular flexibility index (Phi) is 4.19. The summed E-state index contributed by atoms with van der Waals surface area (Å²) in [5.74, 6) is -0.316. The maximum Gasteiger partial charge on any atom is 0.145 e. The maximum absolute atomic E-state index is 13.0. The molecule has 0 radical (unpaired) electrons. The van der Waals surface area contributed by atoms with Gasteiger partial charge in [0.2, 0.25) is 0 Å². The van der Waals surface area contributed by atoms with Crippen LogP contribution < -0.4 is 4.74 Å². The molecule has 0 heterocycles. The Morgan fingerprint density at radius 3 is 2.75 bits per heavy atom. The predicted molar refractivity (Wildman–Crippen MR) is 62.5 cm³/mol. The molecule has 0 aliphatic heterocycles. The smallest absolute Gasteiger partial charge is 0.145 e. The van der Waals surface area contributed by atoms with Crippen LogP contribution >= 0.6 is 23.2 Å². The number of hydrogen-bond acceptors (Lipinski definition) is 2. The molecule has 0 unspecified atom stereocenters. The van der Waals surface area contributed by atoms with Crippen LogP contribution in [0.4, 0.5) is 4.39 Å². The van der Waals surface area contributed by atoms with Gasteiger partial charge >= 0.3 is 0 Å². The van der Waals surface area contributed by atoms with Crippen molar-refractivity contribution in [3.8, 4) is 5.75 Å². The molecule has 0 aliphatic carbocycles. The Morgan fingerprint density at radius 1 is 1.62 bits per heavy atom. The summed E-state index contributed by atoms with van der Waals surface area (Å²) in [7, 11) is 0. The second-order valence-corrected chi connectivity index (χ2v) is 4.41. The van der Waals surface area contributed by atoms with E-state index in [4.69, 9.17) is 27.9 Å². The first-order valence-electron chi connectivity index (χ1n) is 4.48. The van der Waals surface area contributed by atoms with E-state index in [0.717, 1.165) is 6.07 Å². The molecular formula is C11H11Cl2FO2. The van der Waals surface area contributed by atoms with Crippen molar-refractivity contribution in [1.29, 1.82) is 0 Å². The molecule has 88 valence electrons. The molecule has 1 aromatic rings. The molecule has 0 saturated heterocycles. The zero-order chi connectivity index (χ0) is 12.3. The highest BCUT2D eigenvalue weighted by Gasteiger charge is 2.24. The van der Waals surface area contributed by atoms with Crippen LogP contribution in [0.3, 0.4) is 0 Å². The maximum atomic E-state index is 13.0. The zero-order valence-electron chi connectivity index (χ0n) is 8.64. The van der Waals surface area contributed by atoms with Crippen molar-refractivity contribution in [3.05, 3.63) is 40.7 Å². The van der Waals surface area contributed by atoms with E-state index in [2.05, 4.69) is 6.58 Å². The Morgan fingerprint density at radius 2 is 2.25 bits per heavy atom. The van der Waals surface area contributed by atoms with Crippen LogP contribution in [0.2, 0.25) is 5.02 Å². The fourth-order valence-electron chi connectivity index (χ4n) is 0.869. The Labute approximate surface area is 103 Å². The van der Waals surface area contributed by atoms with E-state index in [9.17, 15) is 9.50 Å². The summed E-state index contributed by atoms with van der Waals surface area (Å²) in [6.45, 7) is 4.75. The van der Waals surface area contributed by atoms with Gasteiger partial charge in [-0.25, -0.2) is 4.39 Å². The van der Waals surface area contributed by atoms with Gasteiger partial charge in [-0.1, -0.05) is 29.8 Å². The van der Waals surface area contributed by atoms with Gasteiger partial charge in [-0.05, 0) is 19.1 Å². The van der Waals surface area contributed by atoms with Crippen LogP contribution in [0.5, 0.6) is 5.75 Å². The van der Waals surface area contributed by atoms with Gasteiger partial charge in [-0.3, -0.25) is 0 Å². The van der Waals surface area contributed by atoms with E-state index in [1.165, 1.54) is 19.1 Å². The van der Waals surface area contributed by atoms with Crippen LogP contribution in [0.15, 0.2) is 29.8 Å². The summed E-state index contributed by atoms with van der Waals surface area (Å²) >= 11 is 11.1. The topological polar surface area (TPSA) is 29.5 Å². The highest BCUT2D eigenvalue weighted by atomic mass is 35.5. The lowest BCUT2D eigenvalue weighted by Crippen LogP contribution is -2.32. The molecule has 0 saturated carbocycles. The lowest BCUT2D eigenvalue weighted by molar-refractivity contribution is 0.0505. The lowest BCUT2D eigenvalue weighted by Gasteiger charge is -2.22. The van der Waals surface area contributed by atoms with Crippen molar-refractivity contribution in [3.63, 3.8) is 0 Å². The number of rotatable bonds is 4. The van der Waals surface area contributed by atoms with Crippen LogP contribution in [0, 0.1) is 5.82 Å². The molecule has 1 atom stereocenters. The second kappa shape index (κ2) is 5.04. The van der Waals surface area contributed by atoms with Gasteiger partial charge in [-0.15, -0.1) is 0 Å². The van der Waals surface area contributed by atoms with Crippen LogP contribution in [-0.2, 0) is 0 Å². The van der Waals surface area contributed by atoms with Gasteiger partial charge in [0.1, 0.15) is 23.8 Å². The molecule has 5 heteroatoms. The number of benzene rings is 1. The lowest BCUT2D eigenvalue weighted by atomic mass is 10.1. The summed E-state index contributed by atoms with van der Waals surface area (Å²) in [4.78, 5) is 0. The monoisotopic (exact) mass is 264 g/mol. The SMILES string of the molecule is C=C(Cl)[C@](C)(O)COc1ccc(Cl)c(F)c1. The summed E-state index contributed by atoms with van der Waals surface area (Å²) in [6, 6.07) is 4.00. The molecule has 0 amide bonds. The number of hydrogen-bond donors (Lipinski definition) is 1. The predicted octanol–water partition coefficient (Wildman–Crippen LogP) is 3.36. The van der Waals surface area contributed by atoms with Gasteiger partial charge in [0.05, 0.1) is 5.02 Å². The number of aliphatic hydroxyl groups is 1. The molecular weight excluding hydrogens is 254 g/mol. The third kappa shape index (κ3) is 3.37. The molecule has 0 spiro atoms. The van der Waals surface area contributed by atoms with Crippen LogP contribution in [0.1, 0.15) is 6.92 Å². The molecule has 1 aromatic carbocycles. The standard InChI is InChI=1S/C11H11Cl2FO2/c1-7(12)11(2,15)6-16-8-3-4-9(13)10(14)5-8/h3-5,15H,1,6H2,2H3/t11-/m1/s1. The first kappa shape index (κ1) is 13.3. The van der Waals surface area contributed by atoms with E-state index in [-0.39, 0.29) is 22.4 Å². The Balaban J connectivity index is 2.68. The van der Waals surface area contributed by atoms with Crippen LogP contribution in [0.25, 0.3) is 0 Å². The fourth-order valence-corrected chi connectivity index (χ4v) is 1.04. The number of ether oxygens (including phenoxy) is 1. The van der Waals surface area contributed by atoms with Gasteiger partial charge in [0.25, 0.3) is 0 Å².